The lowest BCUT2D eigenvalue weighted by Gasteiger charge is -2.13. The molecule has 0 aliphatic heterocycles. The summed E-state index contributed by atoms with van der Waals surface area (Å²) < 4.78 is 16.3. The summed E-state index contributed by atoms with van der Waals surface area (Å²) in [7, 11) is 1.70. The lowest BCUT2D eigenvalue weighted by Crippen LogP contribution is -2.30. The Balaban J connectivity index is 0.00000676. The fourth-order valence-electron chi connectivity index (χ4n) is 2.21. The molecule has 2 N–H and O–H groups in total. The average Bonchev–Trinajstić information content (AvgIpc) is 2.65. The number of aliphatic imine (C=N–C) groups is 1. The molecule has 1 aromatic rings. The molecule has 0 unspecified atom stereocenters. The van der Waals surface area contributed by atoms with Crippen molar-refractivity contribution in [3.63, 3.8) is 0 Å². The van der Waals surface area contributed by atoms with E-state index in [0.29, 0.717) is 13.2 Å². The molecule has 0 bridgehead atoms. The van der Waals surface area contributed by atoms with E-state index in [-0.39, 0.29) is 24.0 Å². The van der Waals surface area contributed by atoms with Crippen molar-refractivity contribution in [2.24, 2.45) is 4.99 Å². The van der Waals surface area contributed by atoms with Gasteiger partial charge in [-0.25, -0.2) is 0 Å². The minimum Gasteiger partial charge on any atom is -0.493 e. The predicted octanol–water partition coefficient (Wildman–Crippen LogP) is 4.30. The fourth-order valence-corrected chi connectivity index (χ4v) is 2.21. The molecule has 0 aromatic heterocycles. The van der Waals surface area contributed by atoms with E-state index in [1.165, 1.54) is 6.42 Å². The molecule has 0 amide bonds. The molecule has 1 aromatic carbocycles. The molecule has 0 saturated carbocycles. The molecule has 0 saturated heterocycles. The van der Waals surface area contributed by atoms with E-state index < -0.39 is 0 Å². The van der Waals surface area contributed by atoms with Crippen LogP contribution in [-0.4, -0.2) is 52.6 Å². The zero-order valence-corrected chi connectivity index (χ0v) is 19.3. The standard InChI is InChI=1S/C20H35N3O3.HI/c1-4-6-14-25-15-8-12-22-20(21-5-2)23-18-10-7-11-19(17-18)26-16-9-13-24-3;/h7,10-11,17H,4-6,8-9,12-16H2,1-3H3,(H2,21,22,23);1H. The average molecular weight is 493 g/mol. The van der Waals surface area contributed by atoms with Crippen LogP contribution < -0.4 is 15.4 Å². The highest BCUT2D eigenvalue weighted by Crippen LogP contribution is 2.17. The van der Waals surface area contributed by atoms with Crippen LogP contribution in [0, 0.1) is 0 Å². The Labute approximate surface area is 181 Å². The van der Waals surface area contributed by atoms with Gasteiger partial charge in [0.1, 0.15) is 5.75 Å². The van der Waals surface area contributed by atoms with E-state index in [1.54, 1.807) is 7.11 Å². The van der Waals surface area contributed by atoms with Crippen molar-refractivity contribution in [2.45, 2.75) is 39.5 Å². The maximum absolute atomic E-state index is 5.74. The van der Waals surface area contributed by atoms with Gasteiger partial charge in [0.05, 0.1) is 6.61 Å². The quantitative estimate of drug-likeness (QED) is 0.175. The Morgan fingerprint density at radius 1 is 1.04 bits per heavy atom. The van der Waals surface area contributed by atoms with Gasteiger partial charge in [-0.05, 0) is 31.9 Å². The minimum atomic E-state index is 0. The second-order valence-electron chi connectivity index (χ2n) is 5.93. The van der Waals surface area contributed by atoms with Crippen molar-refractivity contribution < 1.29 is 14.2 Å². The second-order valence-corrected chi connectivity index (χ2v) is 5.93. The molecule has 27 heavy (non-hydrogen) atoms. The highest BCUT2D eigenvalue weighted by atomic mass is 127. The summed E-state index contributed by atoms with van der Waals surface area (Å²) in [5.74, 6) is 1.61. The van der Waals surface area contributed by atoms with E-state index in [2.05, 4.69) is 29.5 Å². The molecule has 6 nitrogen and oxygen atoms in total. The summed E-state index contributed by atoms with van der Waals surface area (Å²) in [6, 6.07) is 7.91. The number of ether oxygens (including phenoxy) is 3. The first-order chi connectivity index (χ1) is 12.8. The van der Waals surface area contributed by atoms with Crippen molar-refractivity contribution in [3.8, 4) is 5.75 Å². The number of hydrogen-bond donors (Lipinski definition) is 2. The van der Waals surface area contributed by atoms with Gasteiger partial charge < -0.3 is 24.8 Å². The summed E-state index contributed by atoms with van der Waals surface area (Å²) >= 11 is 0. The van der Waals surface area contributed by atoms with E-state index in [1.807, 2.05) is 24.3 Å². The number of nitrogens with one attached hydrogen (secondary N) is 2. The van der Waals surface area contributed by atoms with Crippen LogP contribution in [0.4, 0.5) is 5.69 Å². The van der Waals surface area contributed by atoms with Crippen LogP contribution in [-0.2, 0) is 9.47 Å². The predicted molar refractivity (Wildman–Crippen MR) is 124 cm³/mol. The lowest BCUT2D eigenvalue weighted by atomic mass is 10.3. The monoisotopic (exact) mass is 493 g/mol. The summed E-state index contributed by atoms with van der Waals surface area (Å²) in [5.41, 5.74) is 0.952. The normalized spacial score (nSPS) is 11.0. The number of guanidine groups is 1. The first-order valence-electron chi connectivity index (χ1n) is 9.65. The molecular formula is C20H36IN3O3. The first kappa shape index (κ1) is 25.9. The largest absolute Gasteiger partial charge is 0.493 e. The summed E-state index contributed by atoms with van der Waals surface area (Å²) in [4.78, 5) is 4.60. The van der Waals surface area contributed by atoms with Crippen LogP contribution in [0.2, 0.25) is 0 Å². The number of hydrogen-bond acceptors (Lipinski definition) is 4. The third-order valence-electron chi connectivity index (χ3n) is 3.56. The van der Waals surface area contributed by atoms with E-state index in [0.717, 1.165) is 63.0 Å². The van der Waals surface area contributed by atoms with Crippen molar-refractivity contribution in [1.82, 2.24) is 5.32 Å². The van der Waals surface area contributed by atoms with Gasteiger partial charge in [-0.1, -0.05) is 19.4 Å². The number of methoxy groups -OCH3 is 1. The topological polar surface area (TPSA) is 64.1 Å². The fraction of sp³-hybridized carbons (Fsp3) is 0.650. The van der Waals surface area contributed by atoms with Crippen molar-refractivity contribution >= 4 is 35.6 Å². The van der Waals surface area contributed by atoms with Crippen molar-refractivity contribution in [1.29, 1.82) is 0 Å². The minimum absolute atomic E-state index is 0. The van der Waals surface area contributed by atoms with E-state index in [4.69, 9.17) is 14.2 Å². The van der Waals surface area contributed by atoms with Gasteiger partial charge in [-0.15, -0.1) is 24.0 Å². The van der Waals surface area contributed by atoms with Crippen molar-refractivity contribution in [3.05, 3.63) is 24.3 Å². The molecule has 0 fully saturated rings. The summed E-state index contributed by atoms with van der Waals surface area (Å²) in [6.07, 6.45) is 4.08. The Morgan fingerprint density at radius 2 is 1.85 bits per heavy atom. The van der Waals surface area contributed by atoms with Crippen LogP contribution in [0.15, 0.2) is 29.3 Å². The Kier molecular flexibility index (Phi) is 17.6. The maximum Gasteiger partial charge on any atom is 0.195 e. The third-order valence-corrected chi connectivity index (χ3v) is 3.56. The van der Waals surface area contributed by atoms with Gasteiger partial charge in [0.25, 0.3) is 0 Å². The zero-order valence-electron chi connectivity index (χ0n) is 17.0. The second kappa shape index (κ2) is 18.3. The molecular weight excluding hydrogens is 457 g/mol. The van der Waals surface area contributed by atoms with Gasteiger partial charge >= 0.3 is 0 Å². The van der Waals surface area contributed by atoms with Gasteiger partial charge in [-0.3, -0.25) is 4.99 Å². The highest BCUT2D eigenvalue weighted by Gasteiger charge is 2.01. The van der Waals surface area contributed by atoms with E-state index in [9.17, 15) is 0 Å². The van der Waals surface area contributed by atoms with Crippen LogP contribution in [0.3, 0.4) is 0 Å². The van der Waals surface area contributed by atoms with Gasteiger partial charge in [0.2, 0.25) is 0 Å². The van der Waals surface area contributed by atoms with Crippen LogP contribution in [0.25, 0.3) is 0 Å². The zero-order chi connectivity index (χ0) is 18.9. The molecule has 156 valence electrons. The summed E-state index contributed by atoms with van der Waals surface area (Å²) in [5, 5.41) is 6.59. The molecule has 0 atom stereocenters. The Hall–Kier alpha value is -1.06. The number of anilines is 1. The van der Waals surface area contributed by atoms with Crippen LogP contribution >= 0.6 is 24.0 Å². The van der Waals surface area contributed by atoms with Gasteiger partial charge in [0.15, 0.2) is 5.96 Å². The number of benzene rings is 1. The van der Waals surface area contributed by atoms with Gasteiger partial charge in [0, 0.05) is 58.2 Å². The molecule has 0 heterocycles. The number of rotatable bonds is 14. The Bertz CT molecular complexity index is 501. The van der Waals surface area contributed by atoms with Crippen LogP contribution in [0.5, 0.6) is 5.75 Å². The number of nitrogens with zero attached hydrogens (tertiary/aromatic N) is 1. The lowest BCUT2D eigenvalue weighted by molar-refractivity contribution is 0.130. The SMILES string of the molecule is CCCCOCCCN=C(NCC)Nc1cccc(OCCCOC)c1.I. The third kappa shape index (κ3) is 13.7. The molecule has 1 rings (SSSR count). The smallest absolute Gasteiger partial charge is 0.195 e. The van der Waals surface area contributed by atoms with Crippen LogP contribution in [0.1, 0.15) is 39.5 Å². The van der Waals surface area contributed by atoms with Crippen molar-refractivity contribution in [2.75, 3.05) is 51.9 Å². The number of halogens is 1. The van der Waals surface area contributed by atoms with E-state index >= 15 is 0 Å². The molecule has 0 spiro atoms. The maximum atomic E-state index is 5.74. The summed E-state index contributed by atoms with van der Waals surface area (Å²) in [6.45, 7) is 8.72. The molecule has 0 radical (unpaired) electrons. The Morgan fingerprint density at radius 3 is 2.59 bits per heavy atom. The molecule has 7 heteroatoms. The molecule has 0 aliphatic carbocycles. The number of unbranched alkanes of at least 4 members (excludes halogenated alkanes) is 1. The molecule has 0 aliphatic rings. The first-order valence-corrected chi connectivity index (χ1v) is 9.65. The van der Waals surface area contributed by atoms with Gasteiger partial charge in [-0.2, -0.15) is 0 Å². The highest BCUT2D eigenvalue weighted by molar-refractivity contribution is 14.0.